The third-order valence-electron chi connectivity index (χ3n) is 3.83. The van der Waals surface area contributed by atoms with Gasteiger partial charge in [-0.05, 0) is 36.8 Å². The van der Waals surface area contributed by atoms with Crippen LogP contribution >= 0.6 is 23.2 Å². The Morgan fingerprint density at radius 3 is 2.69 bits per heavy atom. The lowest BCUT2D eigenvalue weighted by atomic mass is 10.1. The lowest BCUT2D eigenvalue weighted by Gasteiger charge is -2.20. The van der Waals surface area contributed by atoms with E-state index in [1.807, 2.05) is 13.0 Å². The number of rotatable bonds is 8. The molecule has 6 nitrogen and oxygen atoms in total. The van der Waals surface area contributed by atoms with Gasteiger partial charge in [-0.15, -0.1) is 0 Å². The van der Waals surface area contributed by atoms with Crippen molar-refractivity contribution in [3.05, 3.63) is 58.0 Å². The monoisotopic (exact) mass is 397 g/mol. The molecule has 2 rings (SSSR count). The van der Waals surface area contributed by atoms with Gasteiger partial charge in [0.25, 0.3) is 0 Å². The van der Waals surface area contributed by atoms with E-state index in [-0.39, 0.29) is 37.5 Å². The van der Waals surface area contributed by atoms with Gasteiger partial charge >= 0.3 is 0 Å². The number of nitrogens with one attached hydrogen (secondary N) is 2. The number of carbonyl (C=O) groups is 2. The number of amides is 2. The van der Waals surface area contributed by atoms with Crippen LogP contribution in [0.5, 0.6) is 0 Å². The Kier molecular flexibility index (Phi) is 7.50. The van der Waals surface area contributed by atoms with Crippen molar-refractivity contribution >= 4 is 35.0 Å². The normalized spacial score (nSPS) is 11.8. The first-order chi connectivity index (χ1) is 12.4. The molecule has 1 aromatic heterocycles. The van der Waals surface area contributed by atoms with Gasteiger partial charge in [0.05, 0.1) is 25.9 Å². The molecule has 0 aliphatic heterocycles. The van der Waals surface area contributed by atoms with Crippen molar-refractivity contribution in [3.63, 3.8) is 0 Å². The fourth-order valence-corrected chi connectivity index (χ4v) is 2.87. The van der Waals surface area contributed by atoms with Crippen LogP contribution in [0.4, 0.5) is 0 Å². The third-order valence-corrected chi connectivity index (χ3v) is 4.40. The smallest absolute Gasteiger partial charge is 0.239 e. The van der Waals surface area contributed by atoms with Crippen LogP contribution in [-0.4, -0.2) is 36.9 Å². The molecule has 1 heterocycles. The average Bonchev–Trinajstić information content (AvgIpc) is 3.11. The van der Waals surface area contributed by atoms with Crippen LogP contribution < -0.4 is 10.6 Å². The minimum atomic E-state index is -0.258. The van der Waals surface area contributed by atoms with E-state index in [1.165, 1.54) is 11.2 Å². The molecule has 0 aliphatic carbocycles. The number of furan rings is 1. The molecule has 8 heteroatoms. The molecule has 0 spiro atoms. The van der Waals surface area contributed by atoms with Gasteiger partial charge in [-0.3, -0.25) is 9.59 Å². The Labute approximate surface area is 162 Å². The van der Waals surface area contributed by atoms with Gasteiger partial charge in [-0.1, -0.05) is 29.3 Å². The molecular weight excluding hydrogens is 377 g/mol. The second-order valence-electron chi connectivity index (χ2n) is 5.87. The maximum Gasteiger partial charge on any atom is 0.239 e. The summed E-state index contributed by atoms with van der Waals surface area (Å²) in [6.45, 7) is 2.25. The zero-order chi connectivity index (χ0) is 19.1. The summed E-state index contributed by atoms with van der Waals surface area (Å²) in [4.78, 5) is 25.5. The van der Waals surface area contributed by atoms with Crippen molar-refractivity contribution < 1.29 is 14.0 Å². The molecule has 0 fully saturated rings. The number of likely N-dealkylation sites (N-methyl/N-ethyl adjacent to an activating group) is 1. The summed E-state index contributed by atoms with van der Waals surface area (Å²) in [7, 11) is 1.58. The molecule has 2 N–H and O–H groups in total. The zero-order valence-corrected chi connectivity index (χ0v) is 16.1. The lowest BCUT2D eigenvalue weighted by Crippen LogP contribution is -2.42. The summed E-state index contributed by atoms with van der Waals surface area (Å²) in [6.07, 6.45) is 1.54. The Hall–Kier alpha value is -2.02. The van der Waals surface area contributed by atoms with Crippen LogP contribution in [0.3, 0.4) is 0 Å². The Bertz CT molecular complexity index is 750. The van der Waals surface area contributed by atoms with Gasteiger partial charge in [0, 0.05) is 23.1 Å². The molecule has 0 unspecified atom stereocenters. The lowest BCUT2D eigenvalue weighted by molar-refractivity contribution is -0.134. The van der Waals surface area contributed by atoms with E-state index in [9.17, 15) is 9.59 Å². The summed E-state index contributed by atoms with van der Waals surface area (Å²) in [6, 6.07) is 8.61. The van der Waals surface area contributed by atoms with Crippen molar-refractivity contribution in [1.29, 1.82) is 0 Å². The van der Waals surface area contributed by atoms with Crippen LogP contribution in [0.2, 0.25) is 10.0 Å². The van der Waals surface area contributed by atoms with Crippen LogP contribution in [0, 0.1) is 0 Å². The van der Waals surface area contributed by atoms with Gasteiger partial charge in [-0.2, -0.15) is 0 Å². The summed E-state index contributed by atoms with van der Waals surface area (Å²) in [5.74, 6) is 0.198. The first-order valence-corrected chi connectivity index (χ1v) is 8.83. The molecule has 1 atom stereocenters. The van der Waals surface area contributed by atoms with Gasteiger partial charge in [0.15, 0.2) is 0 Å². The number of nitrogens with zero attached hydrogens (tertiary/aromatic N) is 1. The predicted octanol–water partition coefficient (Wildman–Crippen LogP) is 3.01. The van der Waals surface area contributed by atoms with E-state index in [2.05, 4.69) is 10.6 Å². The van der Waals surface area contributed by atoms with Crippen LogP contribution in [0.25, 0.3) is 0 Å². The van der Waals surface area contributed by atoms with Crippen LogP contribution in [0.1, 0.15) is 24.3 Å². The first kappa shape index (κ1) is 20.3. The Balaban J connectivity index is 1.76. The second-order valence-corrected chi connectivity index (χ2v) is 6.72. The van der Waals surface area contributed by atoms with E-state index in [0.717, 1.165) is 5.56 Å². The highest BCUT2D eigenvalue weighted by Crippen LogP contribution is 2.25. The van der Waals surface area contributed by atoms with Crippen molar-refractivity contribution in [2.75, 3.05) is 20.1 Å². The van der Waals surface area contributed by atoms with Crippen LogP contribution in [-0.2, 0) is 16.1 Å². The van der Waals surface area contributed by atoms with Crippen LogP contribution in [0.15, 0.2) is 41.0 Å². The molecule has 2 amide bonds. The fourth-order valence-electron chi connectivity index (χ4n) is 2.30. The van der Waals surface area contributed by atoms with Gasteiger partial charge in [0.1, 0.15) is 5.76 Å². The summed E-state index contributed by atoms with van der Waals surface area (Å²) in [5, 5.41) is 6.89. The molecule has 2 aromatic rings. The number of carbonyl (C=O) groups excluding carboxylic acids is 2. The van der Waals surface area contributed by atoms with E-state index >= 15 is 0 Å². The highest BCUT2D eigenvalue weighted by molar-refractivity contribution is 6.35. The predicted molar refractivity (Wildman–Crippen MR) is 101 cm³/mol. The maximum atomic E-state index is 12.2. The Morgan fingerprint density at radius 1 is 1.27 bits per heavy atom. The third kappa shape index (κ3) is 6.05. The number of benzene rings is 1. The standard InChI is InChI=1S/C18H21Cl2N3O3/c1-12(15-6-5-13(19)8-16(15)20)21-10-18(25)23(2)11-17(24)22-9-14-4-3-7-26-14/h3-8,12,21H,9-11H2,1-2H3,(H,22,24)/t12-/m1/s1. The SMILES string of the molecule is C[C@@H](NCC(=O)N(C)CC(=O)NCc1ccco1)c1ccc(Cl)cc1Cl. The van der Waals surface area contributed by atoms with E-state index in [1.54, 1.807) is 31.3 Å². The van der Waals surface area contributed by atoms with Crippen molar-refractivity contribution in [2.45, 2.75) is 19.5 Å². The number of hydrogen-bond donors (Lipinski definition) is 2. The molecule has 0 aliphatic rings. The van der Waals surface area contributed by atoms with Crippen molar-refractivity contribution in [1.82, 2.24) is 15.5 Å². The zero-order valence-electron chi connectivity index (χ0n) is 14.6. The average molecular weight is 398 g/mol. The summed E-state index contributed by atoms with van der Waals surface area (Å²) in [5.41, 5.74) is 0.850. The number of halogens is 2. The van der Waals surface area contributed by atoms with Gasteiger partial charge in [0.2, 0.25) is 11.8 Å². The molecule has 140 valence electrons. The highest BCUT2D eigenvalue weighted by atomic mass is 35.5. The first-order valence-electron chi connectivity index (χ1n) is 8.08. The van der Waals surface area contributed by atoms with E-state index < -0.39 is 0 Å². The van der Waals surface area contributed by atoms with Crippen molar-refractivity contribution in [3.8, 4) is 0 Å². The quantitative estimate of drug-likeness (QED) is 0.717. The van der Waals surface area contributed by atoms with Gasteiger partial charge in [-0.25, -0.2) is 0 Å². The molecule has 26 heavy (non-hydrogen) atoms. The maximum absolute atomic E-state index is 12.2. The molecular formula is C18H21Cl2N3O3. The fraction of sp³-hybridized carbons (Fsp3) is 0.333. The summed E-state index contributed by atoms with van der Waals surface area (Å²) >= 11 is 12.1. The van der Waals surface area contributed by atoms with E-state index in [0.29, 0.717) is 15.8 Å². The number of hydrogen-bond acceptors (Lipinski definition) is 4. The molecule has 0 bridgehead atoms. The molecule has 1 aromatic carbocycles. The molecule has 0 radical (unpaired) electrons. The molecule has 0 saturated carbocycles. The molecule has 0 saturated heterocycles. The minimum absolute atomic E-state index is 0.0305. The highest BCUT2D eigenvalue weighted by Gasteiger charge is 2.15. The minimum Gasteiger partial charge on any atom is -0.467 e. The second kappa shape index (κ2) is 9.62. The Morgan fingerprint density at radius 2 is 2.04 bits per heavy atom. The largest absolute Gasteiger partial charge is 0.467 e. The summed E-state index contributed by atoms with van der Waals surface area (Å²) < 4.78 is 5.14. The van der Waals surface area contributed by atoms with Crippen molar-refractivity contribution in [2.24, 2.45) is 0 Å². The topological polar surface area (TPSA) is 74.6 Å². The van der Waals surface area contributed by atoms with E-state index in [4.69, 9.17) is 27.6 Å². The van der Waals surface area contributed by atoms with Gasteiger partial charge < -0.3 is 20.0 Å².